The molecule has 1 aromatic heterocycles. The SMILES string of the molecule is Fc1cnc([C@H]2CC[C@@H](CCNC3CCOCC3)CC2)nc1. The van der Waals surface area contributed by atoms with Gasteiger partial charge in [0.25, 0.3) is 0 Å². The molecular weight excluding hydrogens is 281 g/mol. The minimum atomic E-state index is -0.350. The van der Waals surface area contributed by atoms with Crippen molar-refractivity contribution in [3.8, 4) is 0 Å². The highest BCUT2D eigenvalue weighted by atomic mass is 19.1. The summed E-state index contributed by atoms with van der Waals surface area (Å²) in [4.78, 5) is 8.28. The van der Waals surface area contributed by atoms with Crippen LogP contribution in [-0.4, -0.2) is 35.8 Å². The molecule has 1 aliphatic carbocycles. The lowest BCUT2D eigenvalue weighted by atomic mass is 9.80. The number of aromatic nitrogens is 2. The molecule has 0 atom stereocenters. The van der Waals surface area contributed by atoms with Gasteiger partial charge in [0.1, 0.15) is 5.82 Å². The van der Waals surface area contributed by atoms with Crippen LogP contribution >= 0.6 is 0 Å². The first-order valence-electron chi connectivity index (χ1n) is 8.60. The summed E-state index contributed by atoms with van der Waals surface area (Å²) in [6.45, 7) is 2.92. The summed E-state index contributed by atoms with van der Waals surface area (Å²) in [5.41, 5.74) is 0. The third kappa shape index (κ3) is 4.46. The lowest BCUT2D eigenvalue weighted by Gasteiger charge is -2.29. The van der Waals surface area contributed by atoms with E-state index < -0.39 is 0 Å². The van der Waals surface area contributed by atoms with Gasteiger partial charge in [-0.05, 0) is 57.4 Å². The Kier molecular flexibility index (Phi) is 5.73. The first kappa shape index (κ1) is 15.8. The second-order valence-electron chi connectivity index (χ2n) is 6.61. The molecule has 122 valence electrons. The van der Waals surface area contributed by atoms with Crippen molar-refractivity contribution >= 4 is 0 Å². The molecule has 0 aromatic carbocycles. The molecule has 0 unspecified atom stereocenters. The number of nitrogens with zero attached hydrogens (tertiary/aromatic N) is 2. The van der Waals surface area contributed by atoms with Crippen molar-refractivity contribution in [1.29, 1.82) is 0 Å². The van der Waals surface area contributed by atoms with Crippen LogP contribution in [-0.2, 0) is 4.74 Å². The number of ether oxygens (including phenoxy) is 1. The highest BCUT2D eigenvalue weighted by molar-refractivity contribution is 5.00. The van der Waals surface area contributed by atoms with Crippen molar-refractivity contribution in [1.82, 2.24) is 15.3 Å². The molecular formula is C17H26FN3O. The average molecular weight is 307 g/mol. The molecule has 0 amide bonds. The minimum absolute atomic E-state index is 0.350. The van der Waals surface area contributed by atoms with Crippen LogP contribution in [0.2, 0.25) is 0 Å². The summed E-state index contributed by atoms with van der Waals surface area (Å²) in [7, 11) is 0. The smallest absolute Gasteiger partial charge is 0.159 e. The van der Waals surface area contributed by atoms with Gasteiger partial charge < -0.3 is 10.1 Å². The molecule has 2 fully saturated rings. The maximum Gasteiger partial charge on any atom is 0.159 e. The third-order valence-electron chi connectivity index (χ3n) is 5.06. The van der Waals surface area contributed by atoms with Gasteiger partial charge in [-0.15, -0.1) is 0 Å². The molecule has 5 heteroatoms. The van der Waals surface area contributed by atoms with E-state index in [0.29, 0.717) is 12.0 Å². The predicted molar refractivity (Wildman–Crippen MR) is 83.1 cm³/mol. The molecule has 3 rings (SSSR count). The van der Waals surface area contributed by atoms with Crippen LogP contribution in [0.15, 0.2) is 12.4 Å². The summed E-state index contributed by atoms with van der Waals surface area (Å²) in [6, 6.07) is 0.651. The molecule has 1 N–H and O–H groups in total. The maximum absolute atomic E-state index is 12.9. The van der Waals surface area contributed by atoms with E-state index in [0.717, 1.165) is 57.2 Å². The molecule has 0 radical (unpaired) electrons. The lowest BCUT2D eigenvalue weighted by molar-refractivity contribution is 0.0775. The second kappa shape index (κ2) is 7.97. The van der Waals surface area contributed by atoms with Gasteiger partial charge in [-0.2, -0.15) is 0 Å². The van der Waals surface area contributed by atoms with Gasteiger partial charge in [0.2, 0.25) is 0 Å². The molecule has 4 nitrogen and oxygen atoms in total. The van der Waals surface area contributed by atoms with E-state index in [1.54, 1.807) is 0 Å². The van der Waals surface area contributed by atoms with Crippen LogP contribution in [0.25, 0.3) is 0 Å². The fourth-order valence-corrected chi connectivity index (χ4v) is 3.64. The minimum Gasteiger partial charge on any atom is -0.381 e. The summed E-state index contributed by atoms with van der Waals surface area (Å²) >= 11 is 0. The molecule has 0 bridgehead atoms. The van der Waals surface area contributed by atoms with E-state index in [9.17, 15) is 4.39 Å². The van der Waals surface area contributed by atoms with E-state index in [1.165, 1.54) is 31.7 Å². The average Bonchev–Trinajstić information content (AvgIpc) is 2.57. The largest absolute Gasteiger partial charge is 0.381 e. The zero-order chi connectivity index (χ0) is 15.2. The van der Waals surface area contributed by atoms with Gasteiger partial charge in [0.05, 0.1) is 12.4 Å². The molecule has 1 aromatic rings. The summed E-state index contributed by atoms with van der Waals surface area (Å²) in [5.74, 6) is 1.70. The van der Waals surface area contributed by atoms with Crippen molar-refractivity contribution in [3.63, 3.8) is 0 Å². The predicted octanol–water partition coefficient (Wildman–Crippen LogP) is 3.05. The number of hydrogen-bond acceptors (Lipinski definition) is 4. The van der Waals surface area contributed by atoms with Crippen LogP contribution < -0.4 is 5.32 Å². The number of halogens is 1. The van der Waals surface area contributed by atoms with E-state index in [-0.39, 0.29) is 5.82 Å². The second-order valence-corrected chi connectivity index (χ2v) is 6.61. The first-order chi connectivity index (χ1) is 10.8. The fourth-order valence-electron chi connectivity index (χ4n) is 3.64. The maximum atomic E-state index is 12.9. The Hall–Kier alpha value is -1.07. The molecule has 2 heterocycles. The van der Waals surface area contributed by atoms with E-state index in [1.807, 2.05) is 0 Å². The van der Waals surface area contributed by atoms with E-state index in [2.05, 4.69) is 15.3 Å². The van der Waals surface area contributed by atoms with Gasteiger partial charge in [0, 0.05) is 25.2 Å². The highest BCUT2D eigenvalue weighted by Crippen LogP contribution is 2.35. The topological polar surface area (TPSA) is 47.0 Å². The Morgan fingerprint density at radius 1 is 1.05 bits per heavy atom. The van der Waals surface area contributed by atoms with Gasteiger partial charge in [-0.25, -0.2) is 14.4 Å². The number of nitrogens with one attached hydrogen (secondary N) is 1. The Labute approximate surface area is 131 Å². The monoisotopic (exact) mass is 307 g/mol. The van der Waals surface area contributed by atoms with Crippen LogP contribution in [0.4, 0.5) is 4.39 Å². The number of hydrogen-bond donors (Lipinski definition) is 1. The summed E-state index contributed by atoms with van der Waals surface area (Å²) in [5, 5.41) is 3.67. The molecule has 1 saturated carbocycles. The third-order valence-corrected chi connectivity index (χ3v) is 5.06. The zero-order valence-electron chi connectivity index (χ0n) is 13.1. The van der Waals surface area contributed by atoms with E-state index >= 15 is 0 Å². The zero-order valence-corrected chi connectivity index (χ0v) is 13.1. The van der Waals surface area contributed by atoms with Crippen molar-refractivity contribution in [2.75, 3.05) is 19.8 Å². The van der Waals surface area contributed by atoms with Gasteiger partial charge in [-0.1, -0.05) is 0 Å². The molecule has 22 heavy (non-hydrogen) atoms. The van der Waals surface area contributed by atoms with Crippen molar-refractivity contribution < 1.29 is 9.13 Å². The number of rotatable bonds is 5. The summed E-state index contributed by atoms with van der Waals surface area (Å²) in [6.07, 6.45) is 10.9. The van der Waals surface area contributed by atoms with Crippen LogP contribution in [0.5, 0.6) is 0 Å². The fraction of sp³-hybridized carbons (Fsp3) is 0.765. The van der Waals surface area contributed by atoms with Gasteiger partial charge >= 0.3 is 0 Å². The Bertz CT molecular complexity index is 440. The quantitative estimate of drug-likeness (QED) is 0.908. The lowest BCUT2D eigenvalue weighted by Crippen LogP contribution is -2.36. The van der Waals surface area contributed by atoms with Crippen molar-refractivity contribution in [3.05, 3.63) is 24.0 Å². The normalized spacial score (nSPS) is 27.0. The van der Waals surface area contributed by atoms with Crippen molar-refractivity contribution in [2.24, 2.45) is 5.92 Å². The molecule has 1 saturated heterocycles. The molecule has 0 spiro atoms. The summed E-state index contributed by atoms with van der Waals surface area (Å²) < 4.78 is 18.3. The Morgan fingerprint density at radius 2 is 1.73 bits per heavy atom. The highest BCUT2D eigenvalue weighted by Gasteiger charge is 2.24. The van der Waals surface area contributed by atoms with Crippen LogP contribution in [0.1, 0.15) is 56.7 Å². The standard InChI is InChI=1S/C17H26FN3O/c18-15-11-20-17(21-12-15)14-3-1-13(2-4-14)5-8-19-16-6-9-22-10-7-16/h11-14,16,19H,1-10H2/t13-,14+. The van der Waals surface area contributed by atoms with Crippen molar-refractivity contribution in [2.45, 2.75) is 56.9 Å². The first-order valence-corrected chi connectivity index (χ1v) is 8.60. The Morgan fingerprint density at radius 3 is 2.41 bits per heavy atom. The van der Waals surface area contributed by atoms with E-state index in [4.69, 9.17) is 4.74 Å². The Balaban J connectivity index is 1.35. The molecule has 1 aliphatic heterocycles. The van der Waals surface area contributed by atoms with Crippen LogP contribution in [0, 0.1) is 11.7 Å². The van der Waals surface area contributed by atoms with Gasteiger partial charge in [-0.3, -0.25) is 0 Å². The van der Waals surface area contributed by atoms with Gasteiger partial charge in [0.15, 0.2) is 5.82 Å². The molecule has 2 aliphatic rings. The van der Waals surface area contributed by atoms with Crippen LogP contribution in [0.3, 0.4) is 0 Å².